The molecule has 14 heavy (non-hydrogen) atoms. The van der Waals surface area contributed by atoms with Crippen molar-refractivity contribution in [3.05, 3.63) is 17.5 Å². The van der Waals surface area contributed by atoms with Crippen molar-refractivity contribution in [2.24, 2.45) is 0 Å². The Bertz CT molecular complexity index is 277. The van der Waals surface area contributed by atoms with Crippen LogP contribution < -0.4 is 5.32 Å². The maximum absolute atomic E-state index is 5.08. The van der Waals surface area contributed by atoms with Crippen LogP contribution in [0, 0.1) is 0 Å². The first-order valence-corrected chi connectivity index (χ1v) is 5.49. The van der Waals surface area contributed by atoms with Crippen LogP contribution in [-0.2, 0) is 6.42 Å². The topological polar surface area (TPSA) is 38.1 Å². The van der Waals surface area contributed by atoms with Crippen LogP contribution in [0.3, 0.4) is 0 Å². The molecule has 3 nitrogen and oxygen atoms in total. The van der Waals surface area contributed by atoms with Gasteiger partial charge >= 0.3 is 0 Å². The van der Waals surface area contributed by atoms with Crippen molar-refractivity contribution in [2.45, 2.75) is 38.0 Å². The summed E-state index contributed by atoms with van der Waals surface area (Å²) in [5, 5.41) is 7.23. The summed E-state index contributed by atoms with van der Waals surface area (Å²) in [5.74, 6) is 0.716. The second kappa shape index (κ2) is 4.60. The van der Waals surface area contributed by atoms with Gasteiger partial charge in [-0.1, -0.05) is 18.0 Å². The van der Waals surface area contributed by atoms with Gasteiger partial charge in [-0.15, -0.1) is 0 Å². The summed E-state index contributed by atoms with van der Waals surface area (Å²) in [5.41, 5.74) is 2.52. The minimum Gasteiger partial charge on any atom is -0.364 e. The number of likely N-dealkylation sites (N-methyl/N-ethyl adjacent to an activating group) is 1. The Labute approximate surface area is 84.9 Å². The maximum Gasteiger partial charge on any atom is 0.127 e. The smallest absolute Gasteiger partial charge is 0.127 e. The van der Waals surface area contributed by atoms with Crippen LogP contribution in [-0.4, -0.2) is 18.7 Å². The molecule has 1 fully saturated rings. The quantitative estimate of drug-likeness (QED) is 0.797. The van der Waals surface area contributed by atoms with Crippen molar-refractivity contribution in [3.8, 4) is 0 Å². The first-order chi connectivity index (χ1) is 6.92. The van der Waals surface area contributed by atoms with E-state index in [-0.39, 0.29) is 0 Å². The van der Waals surface area contributed by atoms with E-state index in [1.807, 2.05) is 13.3 Å². The third-order valence-corrected chi connectivity index (χ3v) is 3.08. The van der Waals surface area contributed by atoms with E-state index in [9.17, 15) is 0 Å². The molecule has 0 aromatic carbocycles. The average molecular weight is 194 g/mol. The molecule has 0 amide bonds. The molecule has 1 saturated carbocycles. The monoisotopic (exact) mass is 194 g/mol. The zero-order valence-corrected chi connectivity index (χ0v) is 8.75. The molecule has 2 rings (SSSR count). The number of nitrogens with one attached hydrogen (secondary N) is 1. The fraction of sp³-hybridized carbons (Fsp3) is 0.727. The van der Waals surface area contributed by atoms with Gasteiger partial charge in [0.15, 0.2) is 0 Å². The summed E-state index contributed by atoms with van der Waals surface area (Å²) >= 11 is 0. The van der Waals surface area contributed by atoms with Crippen molar-refractivity contribution in [2.75, 3.05) is 13.6 Å². The van der Waals surface area contributed by atoms with Gasteiger partial charge in [0.25, 0.3) is 0 Å². The van der Waals surface area contributed by atoms with Gasteiger partial charge in [0, 0.05) is 18.5 Å². The van der Waals surface area contributed by atoms with E-state index in [1.54, 1.807) is 0 Å². The molecular weight excluding hydrogens is 176 g/mol. The molecule has 78 valence electrons. The van der Waals surface area contributed by atoms with Gasteiger partial charge in [-0.2, -0.15) is 0 Å². The van der Waals surface area contributed by atoms with E-state index in [1.165, 1.54) is 31.2 Å². The van der Waals surface area contributed by atoms with Crippen molar-refractivity contribution >= 4 is 0 Å². The lowest BCUT2D eigenvalue weighted by Crippen LogP contribution is -2.12. The fourth-order valence-electron chi connectivity index (χ4n) is 2.27. The Morgan fingerprint density at radius 3 is 3.00 bits per heavy atom. The molecule has 0 aliphatic heterocycles. The molecular formula is C11H18N2O. The summed E-state index contributed by atoms with van der Waals surface area (Å²) in [6.45, 7) is 0.978. The molecule has 1 aromatic heterocycles. The highest BCUT2D eigenvalue weighted by molar-refractivity contribution is 5.21. The van der Waals surface area contributed by atoms with Crippen LogP contribution >= 0.6 is 0 Å². The first kappa shape index (κ1) is 9.71. The van der Waals surface area contributed by atoms with Crippen LogP contribution in [0.15, 0.2) is 10.8 Å². The van der Waals surface area contributed by atoms with E-state index < -0.39 is 0 Å². The summed E-state index contributed by atoms with van der Waals surface area (Å²) in [6, 6.07) is 0. The van der Waals surface area contributed by atoms with E-state index in [0.29, 0.717) is 5.92 Å². The molecule has 1 aliphatic carbocycles. The van der Waals surface area contributed by atoms with Crippen LogP contribution in [0.5, 0.6) is 0 Å². The molecule has 0 saturated heterocycles. The highest BCUT2D eigenvalue weighted by Gasteiger charge is 2.21. The summed E-state index contributed by atoms with van der Waals surface area (Å²) < 4.78 is 5.08. The second-order valence-corrected chi connectivity index (χ2v) is 4.05. The lowest BCUT2D eigenvalue weighted by atomic mass is 9.97. The molecule has 0 radical (unpaired) electrons. The van der Waals surface area contributed by atoms with Crippen LogP contribution in [0.25, 0.3) is 0 Å². The van der Waals surface area contributed by atoms with Crippen molar-refractivity contribution in [1.29, 1.82) is 0 Å². The van der Waals surface area contributed by atoms with E-state index in [2.05, 4.69) is 10.5 Å². The van der Waals surface area contributed by atoms with E-state index in [4.69, 9.17) is 4.52 Å². The summed E-state index contributed by atoms with van der Waals surface area (Å²) in [6.07, 6.45) is 8.18. The molecule has 1 aromatic rings. The number of aromatic nitrogens is 1. The van der Waals surface area contributed by atoms with Crippen LogP contribution in [0.4, 0.5) is 0 Å². The third kappa shape index (κ3) is 1.98. The lowest BCUT2D eigenvalue weighted by molar-refractivity contribution is 0.410. The Morgan fingerprint density at radius 1 is 1.50 bits per heavy atom. The first-order valence-electron chi connectivity index (χ1n) is 5.49. The Hall–Kier alpha value is -0.830. The van der Waals surface area contributed by atoms with Gasteiger partial charge in [-0.05, 0) is 25.8 Å². The standard InChI is InChI=1S/C11H18N2O/c1-12-7-6-11-10(8-14-13-11)9-4-2-3-5-9/h8-9,12H,2-7H2,1H3. The largest absolute Gasteiger partial charge is 0.364 e. The average Bonchev–Trinajstić information content (AvgIpc) is 2.84. The summed E-state index contributed by atoms with van der Waals surface area (Å²) in [7, 11) is 1.97. The molecule has 3 heteroatoms. The number of hydrogen-bond donors (Lipinski definition) is 1. The van der Waals surface area contributed by atoms with Gasteiger partial charge < -0.3 is 9.84 Å². The van der Waals surface area contributed by atoms with Crippen molar-refractivity contribution < 1.29 is 4.52 Å². The molecule has 0 unspecified atom stereocenters. The van der Waals surface area contributed by atoms with Crippen molar-refractivity contribution in [1.82, 2.24) is 10.5 Å². The van der Waals surface area contributed by atoms with E-state index in [0.717, 1.165) is 18.7 Å². The van der Waals surface area contributed by atoms with Crippen molar-refractivity contribution in [3.63, 3.8) is 0 Å². The molecule has 1 heterocycles. The zero-order valence-electron chi connectivity index (χ0n) is 8.75. The number of rotatable bonds is 4. The summed E-state index contributed by atoms with van der Waals surface area (Å²) in [4.78, 5) is 0. The van der Waals surface area contributed by atoms with E-state index >= 15 is 0 Å². The minimum absolute atomic E-state index is 0.716. The SMILES string of the molecule is CNCCc1nocc1C1CCCC1. The second-order valence-electron chi connectivity index (χ2n) is 4.05. The maximum atomic E-state index is 5.08. The number of nitrogens with zero attached hydrogens (tertiary/aromatic N) is 1. The Kier molecular flexibility index (Phi) is 3.19. The van der Waals surface area contributed by atoms with Gasteiger partial charge in [-0.25, -0.2) is 0 Å². The third-order valence-electron chi connectivity index (χ3n) is 3.08. The zero-order chi connectivity index (χ0) is 9.80. The van der Waals surface area contributed by atoms with Gasteiger partial charge in [0.05, 0.1) is 5.69 Å². The number of hydrogen-bond acceptors (Lipinski definition) is 3. The molecule has 1 N–H and O–H groups in total. The predicted molar refractivity (Wildman–Crippen MR) is 55.3 cm³/mol. The molecule has 0 atom stereocenters. The van der Waals surface area contributed by atoms with Crippen LogP contribution in [0.2, 0.25) is 0 Å². The molecule has 1 aliphatic rings. The predicted octanol–water partition coefficient (Wildman–Crippen LogP) is 2.09. The highest BCUT2D eigenvalue weighted by atomic mass is 16.5. The normalized spacial score (nSPS) is 17.8. The minimum atomic E-state index is 0.716. The lowest BCUT2D eigenvalue weighted by Gasteiger charge is -2.07. The highest BCUT2D eigenvalue weighted by Crippen LogP contribution is 2.35. The fourth-order valence-corrected chi connectivity index (χ4v) is 2.27. The Balaban J connectivity index is 2.04. The van der Waals surface area contributed by atoms with Gasteiger partial charge in [0.1, 0.15) is 6.26 Å². The molecule has 0 bridgehead atoms. The molecule has 0 spiro atoms. The van der Waals surface area contributed by atoms with Gasteiger partial charge in [-0.3, -0.25) is 0 Å². The Morgan fingerprint density at radius 2 is 2.29 bits per heavy atom. The van der Waals surface area contributed by atoms with Gasteiger partial charge in [0.2, 0.25) is 0 Å². The van der Waals surface area contributed by atoms with Crippen LogP contribution in [0.1, 0.15) is 42.9 Å².